The van der Waals surface area contributed by atoms with Crippen LogP contribution in [0, 0.1) is 34.3 Å². The number of nitrogens with zero attached hydrogens (tertiary/aromatic N) is 2. The maximum Gasteiger partial charge on any atom is 0.268 e. The average Bonchev–Trinajstić information content (AvgIpc) is 2.61. The van der Waals surface area contributed by atoms with Crippen LogP contribution in [0.4, 0.5) is 14.6 Å². The van der Waals surface area contributed by atoms with Gasteiger partial charge in [-0.3, -0.25) is 4.79 Å². The summed E-state index contributed by atoms with van der Waals surface area (Å²) >= 11 is 0. The Balaban J connectivity index is 2.30. The van der Waals surface area contributed by atoms with E-state index in [0.717, 1.165) is 12.1 Å². The summed E-state index contributed by atoms with van der Waals surface area (Å²) in [5, 5.41) is 18.7. The molecule has 0 amide bonds. The first kappa shape index (κ1) is 16.9. The van der Waals surface area contributed by atoms with Crippen LogP contribution in [0.15, 0.2) is 47.3 Å². The molecule has 1 heterocycles. The molecular formula is C19H10F2N4O. The second-order valence-electron chi connectivity index (χ2n) is 5.42. The number of hydrogen-bond acceptors (Lipinski definition) is 4. The van der Waals surface area contributed by atoms with Crippen molar-refractivity contribution in [3.8, 4) is 34.4 Å². The zero-order chi connectivity index (χ0) is 18.8. The van der Waals surface area contributed by atoms with Crippen LogP contribution in [0.1, 0.15) is 11.1 Å². The molecule has 0 spiro atoms. The van der Waals surface area contributed by atoms with E-state index in [1.54, 1.807) is 24.3 Å². The van der Waals surface area contributed by atoms with Gasteiger partial charge < -0.3 is 10.7 Å². The number of rotatable bonds is 2. The molecule has 1 aromatic heterocycles. The molecule has 0 atom stereocenters. The smallest absolute Gasteiger partial charge is 0.268 e. The molecule has 126 valence electrons. The number of nitrogens with one attached hydrogen (secondary N) is 1. The lowest BCUT2D eigenvalue weighted by molar-refractivity contribution is 0.585. The highest BCUT2D eigenvalue weighted by Crippen LogP contribution is 2.32. The molecule has 0 saturated heterocycles. The number of nitriles is 2. The van der Waals surface area contributed by atoms with Gasteiger partial charge in [0.15, 0.2) is 0 Å². The summed E-state index contributed by atoms with van der Waals surface area (Å²) in [5.41, 5.74) is 5.59. The Labute approximate surface area is 146 Å². The van der Waals surface area contributed by atoms with Crippen LogP contribution in [0.2, 0.25) is 0 Å². The Morgan fingerprint density at radius 2 is 1.65 bits per heavy atom. The fraction of sp³-hybridized carbons (Fsp3) is 0. The fourth-order valence-corrected chi connectivity index (χ4v) is 2.70. The number of nitrogens with two attached hydrogens (primary N) is 1. The minimum atomic E-state index is -0.756. The number of halogens is 2. The molecule has 3 rings (SSSR count). The summed E-state index contributed by atoms with van der Waals surface area (Å²) in [6, 6.07) is 13.1. The van der Waals surface area contributed by atoms with Crippen LogP contribution in [-0.4, -0.2) is 4.98 Å². The van der Waals surface area contributed by atoms with Gasteiger partial charge in [-0.1, -0.05) is 18.2 Å². The molecular weight excluding hydrogens is 338 g/mol. The first-order valence-electron chi connectivity index (χ1n) is 7.38. The summed E-state index contributed by atoms with van der Waals surface area (Å²) < 4.78 is 27.2. The van der Waals surface area contributed by atoms with Gasteiger partial charge in [0.05, 0.1) is 0 Å². The van der Waals surface area contributed by atoms with Gasteiger partial charge in [0.2, 0.25) is 0 Å². The maximum atomic E-state index is 14.1. The molecule has 26 heavy (non-hydrogen) atoms. The van der Waals surface area contributed by atoms with Gasteiger partial charge in [-0.2, -0.15) is 10.5 Å². The van der Waals surface area contributed by atoms with E-state index in [4.69, 9.17) is 5.73 Å². The molecule has 0 fully saturated rings. The summed E-state index contributed by atoms with van der Waals surface area (Å²) in [5.74, 6) is -1.62. The highest BCUT2D eigenvalue weighted by atomic mass is 19.1. The Hall–Kier alpha value is -3.97. The van der Waals surface area contributed by atoms with E-state index in [9.17, 15) is 24.1 Å². The van der Waals surface area contributed by atoms with E-state index < -0.39 is 17.2 Å². The molecule has 2 aromatic carbocycles. The highest BCUT2D eigenvalue weighted by Gasteiger charge is 2.18. The zero-order valence-corrected chi connectivity index (χ0v) is 13.2. The molecule has 0 unspecified atom stereocenters. The summed E-state index contributed by atoms with van der Waals surface area (Å²) in [4.78, 5) is 14.3. The Morgan fingerprint density at radius 3 is 2.31 bits per heavy atom. The number of benzene rings is 2. The number of aromatic amines is 1. The fourth-order valence-electron chi connectivity index (χ4n) is 2.70. The predicted molar refractivity (Wildman–Crippen MR) is 91.7 cm³/mol. The lowest BCUT2D eigenvalue weighted by atomic mass is 9.93. The number of aromatic nitrogens is 1. The molecule has 3 N–H and O–H groups in total. The van der Waals surface area contributed by atoms with Gasteiger partial charge in [0, 0.05) is 17.2 Å². The first-order valence-corrected chi connectivity index (χ1v) is 7.38. The Bertz CT molecular complexity index is 1170. The number of anilines is 1. The minimum absolute atomic E-state index is 0.0575. The van der Waals surface area contributed by atoms with Gasteiger partial charge in [0.1, 0.15) is 40.7 Å². The Morgan fingerprint density at radius 1 is 0.962 bits per heavy atom. The van der Waals surface area contributed by atoms with Gasteiger partial charge in [0.25, 0.3) is 5.56 Å². The third kappa shape index (κ3) is 2.79. The number of pyridine rings is 1. The predicted octanol–water partition coefficient (Wildman–Crippen LogP) is 3.31. The van der Waals surface area contributed by atoms with Gasteiger partial charge in [-0.15, -0.1) is 0 Å². The zero-order valence-electron chi connectivity index (χ0n) is 13.2. The minimum Gasteiger partial charge on any atom is -0.384 e. The number of hydrogen-bond donors (Lipinski definition) is 2. The van der Waals surface area contributed by atoms with Crippen LogP contribution >= 0.6 is 0 Å². The monoisotopic (exact) mass is 348 g/mol. The summed E-state index contributed by atoms with van der Waals surface area (Å²) in [6.07, 6.45) is 0. The van der Waals surface area contributed by atoms with E-state index >= 15 is 0 Å². The van der Waals surface area contributed by atoms with E-state index in [0.29, 0.717) is 11.1 Å². The molecule has 7 heteroatoms. The summed E-state index contributed by atoms with van der Waals surface area (Å²) in [7, 11) is 0. The lowest BCUT2D eigenvalue weighted by Crippen LogP contribution is -2.16. The lowest BCUT2D eigenvalue weighted by Gasteiger charge is -2.11. The topological polar surface area (TPSA) is 106 Å². The quantitative estimate of drug-likeness (QED) is 0.741. The largest absolute Gasteiger partial charge is 0.384 e. The third-order valence-corrected chi connectivity index (χ3v) is 3.86. The summed E-state index contributed by atoms with van der Waals surface area (Å²) in [6.45, 7) is 0. The van der Waals surface area contributed by atoms with Crippen molar-refractivity contribution in [3.05, 3.63) is 75.6 Å². The maximum absolute atomic E-state index is 14.1. The number of H-pyrrole nitrogens is 1. The molecule has 5 nitrogen and oxygen atoms in total. The SMILES string of the molecule is N#Cc1c(N)[nH]c(=O)c(C#N)c1-c1cccc(-c2ccc(F)cc2F)c1. The van der Waals surface area contributed by atoms with E-state index in [-0.39, 0.29) is 28.1 Å². The standard InChI is InChI=1S/C19H10F2N4O/c20-12-4-5-13(16(21)7-12)10-2-1-3-11(6-10)17-14(8-22)18(24)25-19(26)15(17)9-23/h1-7H,(H3,24,25,26). The second kappa shape index (κ2) is 6.50. The van der Waals surface area contributed by atoms with Gasteiger partial charge >= 0.3 is 0 Å². The molecule has 3 aromatic rings. The molecule has 0 aliphatic carbocycles. The molecule has 0 aliphatic rings. The second-order valence-corrected chi connectivity index (χ2v) is 5.42. The van der Waals surface area contributed by atoms with Crippen molar-refractivity contribution in [1.82, 2.24) is 4.98 Å². The van der Waals surface area contributed by atoms with Crippen molar-refractivity contribution < 1.29 is 8.78 Å². The van der Waals surface area contributed by atoms with Crippen LogP contribution in [0.25, 0.3) is 22.3 Å². The van der Waals surface area contributed by atoms with Crippen molar-refractivity contribution in [2.24, 2.45) is 0 Å². The van der Waals surface area contributed by atoms with E-state index in [1.165, 1.54) is 12.1 Å². The van der Waals surface area contributed by atoms with E-state index in [1.807, 2.05) is 6.07 Å². The third-order valence-electron chi connectivity index (χ3n) is 3.86. The Kier molecular flexibility index (Phi) is 4.22. The van der Waals surface area contributed by atoms with Gasteiger partial charge in [-0.05, 0) is 29.3 Å². The normalized spacial score (nSPS) is 10.2. The molecule has 0 bridgehead atoms. The van der Waals surface area contributed by atoms with Crippen LogP contribution in [-0.2, 0) is 0 Å². The van der Waals surface area contributed by atoms with Crippen molar-refractivity contribution in [2.75, 3.05) is 5.73 Å². The van der Waals surface area contributed by atoms with Crippen molar-refractivity contribution in [2.45, 2.75) is 0 Å². The van der Waals surface area contributed by atoms with Gasteiger partial charge in [-0.25, -0.2) is 8.78 Å². The van der Waals surface area contributed by atoms with Crippen molar-refractivity contribution >= 4 is 5.82 Å². The average molecular weight is 348 g/mol. The van der Waals surface area contributed by atoms with E-state index in [2.05, 4.69) is 4.98 Å². The van der Waals surface area contributed by atoms with Crippen molar-refractivity contribution in [3.63, 3.8) is 0 Å². The molecule has 0 saturated carbocycles. The molecule has 0 aliphatic heterocycles. The van der Waals surface area contributed by atoms with Crippen molar-refractivity contribution in [1.29, 1.82) is 10.5 Å². The van der Waals surface area contributed by atoms with Crippen LogP contribution in [0.3, 0.4) is 0 Å². The van der Waals surface area contributed by atoms with Crippen LogP contribution in [0.5, 0.6) is 0 Å². The van der Waals surface area contributed by atoms with Crippen LogP contribution < -0.4 is 11.3 Å². The molecule has 0 radical (unpaired) electrons. The highest BCUT2D eigenvalue weighted by molar-refractivity contribution is 5.82. The number of nitrogen functional groups attached to an aromatic ring is 1. The first-order chi connectivity index (χ1) is 12.5.